The molecule has 1 aromatic rings. The van der Waals surface area contributed by atoms with Gasteiger partial charge in [0.2, 0.25) is 0 Å². The van der Waals surface area contributed by atoms with Crippen molar-refractivity contribution in [1.29, 1.82) is 0 Å². The fourth-order valence-electron chi connectivity index (χ4n) is 1.52. The Hall–Kier alpha value is -1.36. The van der Waals surface area contributed by atoms with Crippen molar-refractivity contribution in [1.82, 2.24) is 5.32 Å². The van der Waals surface area contributed by atoms with Crippen molar-refractivity contribution in [2.24, 2.45) is 10.7 Å². The molecule has 0 spiro atoms. The van der Waals surface area contributed by atoms with E-state index in [9.17, 15) is 0 Å². The van der Waals surface area contributed by atoms with Crippen molar-refractivity contribution in [2.75, 3.05) is 26.5 Å². The predicted octanol–water partition coefficient (Wildman–Crippen LogP) is 2.28. The molecular formula is C15H25N3OS. The van der Waals surface area contributed by atoms with Crippen molar-refractivity contribution in [3.63, 3.8) is 0 Å². The summed E-state index contributed by atoms with van der Waals surface area (Å²) in [6, 6.07) is 8.05. The molecular weight excluding hydrogens is 270 g/mol. The number of methoxy groups -OCH3 is 1. The summed E-state index contributed by atoms with van der Waals surface area (Å²) in [4.78, 5) is 4.37. The number of ether oxygens (including phenoxy) is 1. The zero-order chi connectivity index (χ0) is 15.0. The maximum Gasteiger partial charge on any atom is 0.188 e. The number of nitrogens with two attached hydrogens (primary N) is 1. The van der Waals surface area contributed by atoms with E-state index in [0.29, 0.717) is 5.96 Å². The van der Waals surface area contributed by atoms with Gasteiger partial charge in [-0.25, -0.2) is 0 Å². The van der Waals surface area contributed by atoms with E-state index in [2.05, 4.69) is 42.5 Å². The molecule has 112 valence electrons. The van der Waals surface area contributed by atoms with Gasteiger partial charge in [0, 0.05) is 11.3 Å². The van der Waals surface area contributed by atoms with Gasteiger partial charge < -0.3 is 15.8 Å². The smallest absolute Gasteiger partial charge is 0.188 e. The number of rotatable bonds is 7. The first-order chi connectivity index (χ1) is 9.46. The fraction of sp³-hybridized carbons (Fsp3) is 0.533. The van der Waals surface area contributed by atoms with Crippen LogP contribution in [0.1, 0.15) is 19.4 Å². The Morgan fingerprint density at radius 3 is 2.55 bits per heavy atom. The van der Waals surface area contributed by atoms with Gasteiger partial charge >= 0.3 is 0 Å². The number of nitrogens with zero attached hydrogens (tertiary/aromatic N) is 1. The number of guanidine groups is 1. The lowest BCUT2D eigenvalue weighted by atomic mass is 10.1. The molecule has 0 bridgehead atoms. The number of benzene rings is 1. The van der Waals surface area contributed by atoms with Crippen LogP contribution in [0.3, 0.4) is 0 Å². The quantitative estimate of drug-likeness (QED) is 0.598. The molecule has 4 nitrogen and oxygen atoms in total. The van der Waals surface area contributed by atoms with Crippen LogP contribution in [0.15, 0.2) is 29.3 Å². The third-order valence-electron chi connectivity index (χ3n) is 3.06. The highest BCUT2D eigenvalue weighted by atomic mass is 32.2. The zero-order valence-electron chi connectivity index (χ0n) is 12.8. The fourth-order valence-corrected chi connectivity index (χ4v) is 1.72. The van der Waals surface area contributed by atoms with E-state index in [1.54, 1.807) is 18.9 Å². The predicted molar refractivity (Wildman–Crippen MR) is 88.8 cm³/mol. The van der Waals surface area contributed by atoms with E-state index in [0.717, 1.165) is 25.3 Å². The standard InChI is InChI=1S/C15H25N3OS/c1-15(2,20-4)11-18-14(16)17-10-9-12-5-7-13(19-3)8-6-12/h5-8H,9-11H2,1-4H3,(H3,16,17,18). The van der Waals surface area contributed by atoms with Crippen molar-refractivity contribution >= 4 is 17.7 Å². The summed E-state index contributed by atoms with van der Waals surface area (Å²) in [5.74, 6) is 1.39. The summed E-state index contributed by atoms with van der Waals surface area (Å²) in [6.45, 7) is 5.81. The van der Waals surface area contributed by atoms with E-state index in [1.165, 1.54) is 5.56 Å². The normalized spacial score (nSPS) is 12.3. The van der Waals surface area contributed by atoms with Crippen LogP contribution in [0.5, 0.6) is 5.75 Å². The number of hydrogen-bond donors (Lipinski definition) is 2. The van der Waals surface area contributed by atoms with Crippen LogP contribution in [0, 0.1) is 0 Å². The summed E-state index contributed by atoms with van der Waals surface area (Å²) in [6.07, 6.45) is 2.99. The van der Waals surface area contributed by atoms with E-state index in [4.69, 9.17) is 10.5 Å². The van der Waals surface area contributed by atoms with Gasteiger partial charge in [-0.3, -0.25) is 4.99 Å². The van der Waals surface area contributed by atoms with Gasteiger partial charge in [0.25, 0.3) is 0 Å². The van der Waals surface area contributed by atoms with Gasteiger partial charge in [0.15, 0.2) is 5.96 Å². The van der Waals surface area contributed by atoms with Crippen molar-refractivity contribution in [2.45, 2.75) is 25.0 Å². The first-order valence-electron chi connectivity index (χ1n) is 6.69. The zero-order valence-corrected chi connectivity index (χ0v) is 13.6. The Kier molecular flexibility index (Phi) is 6.71. The molecule has 5 heteroatoms. The Bertz CT molecular complexity index is 429. The second-order valence-corrected chi connectivity index (χ2v) is 6.70. The minimum atomic E-state index is 0.127. The molecule has 0 unspecified atom stereocenters. The topological polar surface area (TPSA) is 59.6 Å². The third kappa shape index (κ3) is 6.19. The van der Waals surface area contributed by atoms with E-state index < -0.39 is 0 Å². The van der Waals surface area contributed by atoms with Gasteiger partial charge in [-0.05, 0) is 44.2 Å². The molecule has 0 aliphatic rings. The minimum absolute atomic E-state index is 0.127. The van der Waals surface area contributed by atoms with Crippen LogP contribution >= 0.6 is 11.8 Å². The molecule has 0 fully saturated rings. The Labute approximate surface area is 126 Å². The molecule has 0 saturated carbocycles. The van der Waals surface area contributed by atoms with Gasteiger partial charge in [-0.2, -0.15) is 11.8 Å². The SMILES string of the molecule is COc1ccc(CCNC(N)=NCC(C)(C)SC)cc1. The molecule has 20 heavy (non-hydrogen) atoms. The van der Waals surface area contributed by atoms with E-state index in [1.807, 2.05) is 12.1 Å². The summed E-state index contributed by atoms with van der Waals surface area (Å²) >= 11 is 1.79. The largest absolute Gasteiger partial charge is 0.497 e. The van der Waals surface area contributed by atoms with Crippen molar-refractivity contribution in [3.8, 4) is 5.75 Å². The number of nitrogens with one attached hydrogen (secondary N) is 1. The number of thioether (sulfide) groups is 1. The van der Waals surface area contributed by atoms with Crippen molar-refractivity contribution in [3.05, 3.63) is 29.8 Å². The monoisotopic (exact) mass is 295 g/mol. The highest BCUT2D eigenvalue weighted by Gasteiger charge is 2.14. The molecule has 0 aromatic heterocycles. The average Bonchev–Trinajstić information content (AvgIpc) is 2.46. The summed E-state index contributed by atoms with van der Waals surface area (Å²) in [7, 11) is 1.67. The highest BCUT2D eigenvalue weighted by molar-refractivity contribution is 7.99. The van der Waals surface area contributed by atoms with Crippen LogP contribution in [-0.4, -0.2) is 37.2 Å². The van der Waals surface area contributed by atoms with Crippen LogP contribution in [-0.2, 0) is 6.42 Å². The Balaban J connectivity index is 2.34. The average molecular weight is 295 g/mol. The van der Waals surface area contributed by atoms with Crippen LogP contribution in [0.2, 0.25) is 0 Å². The molecule has 0 aliphatic carbocycles. The maximum absolute atomic E-state index is 5.86. The van der Waals surface area contributed by atoms with Crippen LogP contribution < -0.4 is 15.8 Å². The van der Waals surface area contributed by atoms with Crippen LogP contribution in [0.4, 0.5) is 0 Å². The molecule has 1 aromatic carbocycles. The summed E-state index contributed by atoms with van der Waals surface area (Å²) in [5, 5.41) is 3.14. The molecule has 0 amide bonds. The molecule has 0 radical (unpaired) electrons. The second kappa shape index (κ2) is 8.04. The third-order valence-corrected chi connectivity index (χ3v) is 4.30. The number of hydrogen-bond acceptors (Lipinski definition) is 3. The second-order valence-electron chi connectivity index (χ2n) is 5.19. The summed E-state index contributed by atoms with van der Waals surface area (Å²) in [5.41, 5.74) is 7.10. The lowest BCUT2D eigenvalue weighted by Crippen LogP contribution is -2.34. The van der Waals surface area contributed by atoms with E-state index >= 15 is 0 Å². The summed E-state index contributed by atoms with van der Waals surface area (Å²) < 4.78 is 5.26. The maximum atomic E-state index is 5.86. The van der Waals surface area contributed by atoms with Gasteiger partial charge in [-0.15, -0.1) is 0 Å². The van der Waals surface area contributed by atoms with Gasteiger partial charge in [0.1, 0.15) is 5.75 Å². The molecule has 0 atom stereocenters. The lowest BCUT2D eigenvalue weighted by molar-refractivity contribution is 0.414. The lowest BCUT2D eigenvalue weighted by Gasteiger charge is -2.19. The molecule has 0 aliphatic heterocycles. The first kappa shape index (κ1) is 16.7. The number of aliphatic imine (C=N–C) groups is 1. The minimum Gasteiger partial charge on any atom is -0.497 e. The van der Waals surface area contributed by atoms with Crippen LogP contribution in [0.25, 0.3) is 0 Å². The van der Waals surface area contributed by atoms with Crippen molar-refractivity contribution < 1.29 is 4.74 Å². The van der Waals surface area contributed by atoms with E-state index in [-0.39, 0.29) is 4.75 Å². The Morgan fingerprint density at radius 1 is 1.35 bits per heavy atom. The molecule has 0 saturated heterocycles. The Morgan fingerprint density at radius 2 is 2.00 bits per heavy atom. The van der Waals surface area contributed by atoms with Gasteiger partial charge in [-0.1, -0.05) is 12.1 Å². The first-order valence-corrected chi connectivity index (χ1v) is 7.91. The highest BCUT2D eigenvalue weighted by Crippen LogP contribution is 2.20. The molecule has 3 N–H and O–H groups in total. The molecule has 0 heterocycles. The van der Waals surface area contributed by atoms with Gasteiger partial charge in [0.05, 0.1) is 13.7 Å². The molecule has 1 rings (SSSR count).